The molecule has 15 N–H and O–H groups in total. The van der Waals surface area contributed by atoms with Crippen LogP contribution < -0.4 is 54.4 Å². The Hall–Kier alpha value is -6.84. The van der Waals surface area contributed by atoms with Gasteiger partial charge in [-0.1, -0.05) is 66.2 Å². The molecule has 0 aliphatic heterocycles. The lowest BCUT2D eigenvalue weighted by Crippen LogP contribution is -2.58. The highest BCUT2D eigenvalue weighted by Gasteiger charge is 2.32. The first-order valence-electron chi connectivity index (χ1n) is 23.0. The number of para-hydroxylation sites is 1. The number of fused-ring (bicyclic) bond motifs is 1. The predicted octanol–water partition coefficient (Wildman–Crippen LogP) is -0.815. The molecule has 0 radical (unpaired) electrons. The summed E-state index contributed by atoms with van der Waals surface area (Å²) in [4.78, 5) is 127. The molecule has 3 aromatic rings. The van der Waals surface area contributed by atoms with E-state index in [2.05, 4.69) is 52.2 Å². The first-order valence-corrected chi connectivity index (χ1v) is 23.0. The molecular weight excluding hydrogens is 879 g/mol. The lowest BCUT2D eigenvalue weighted by atomic mass is 9.90. The number of aromatic amines is 2. The van der Waals surface area contributed by atoms with Crippen molar-refractivity contribution in [3.8, 4) is 0 Å². The van der Waals surface area contributed by atoms with Gasteiger partial charge in [0.2, 0.25) is 53.2 Å². The van der Waals surface area contributed by atoms with Gasteiger partial charge in [-0.25, -0.2) is 4.98 Å². The number of H-pyrrole nitrogens is 2. The Kier molecular flexibility index (Phi) is 22.1. The van der Waals surface area contributed by atoms with Crippen molar-refractivity contribution in [3.05, 3.63) is 54.2 Å². The molecule has 374 valence electrons. The van der Waals surface area contributed by atoms with Crippen LogP contribution >= 0.6 is 0 Å². The lowest BCUT2D eigenvalue weighted by Gasteiger charge is -2.27. The molecule has 2 unspecified atom stereocenters. The monoisotopic (exact) mass is 950 g/mol. The summed E-state index contributed by atoms with van der Waals surface area (Å²) >= 11 is 0. The van der Waals surface area contributed by atoms with Gasteiger partial charge in [-0.2, -0.15) is 0 Å². The largest absolute Gasteiger partial charge is 0.370 e. The zero-order valence-electron chi connectivity index (χ0n) is 40.0. The van der Waals surface area contributed by atoms with Crippen molar-refractivity contribution >= 4 is 64.1 Å². The normalized spacial score (nSPS) is 14.9. The van der Waals surface area contributed by atoms with Crippen molar-refractivity contribution in [2.24, 2.45) is 40.9 Å². The van der Waals surface area contributed by atoms with Gasteiger partial charge in [0.15, 0.2) is 0 Å². The molecule has 9 amide bonds. The second kappa shape index (κ2) is 27.1. The summed E-state index contributed by atoms with van der Waals surface area (Å²) in [6.45, 7) is 12.1. The minimum Gasteiger partial charge on any atom is -0.370 e. The molecule has 8 atom stereocenters. The number of aromatic nitrogens is 3. The first-order chi connectivity index (χ1) is 32.1. The van der Waals surface area contributed by atoms with Crippen LogP contribution in [0.15, 0.2) is 43.0 Å². The van der Waals surface area contributed by atoms with Gasteiger partial charge in [0, 0.05) is 67.8 Å². The standard InChI is InChI=1S/C46H71N13O9/c1-8-26(6)31(42(64)57-34(40(49)62)17-24(2)3)22-53-44(66)36(19-29-21-50-23-54-29)56-38(61)15-16-51-46(68)39(25(4)5)59-41(63)27(7)55-45(67)35(58-43(65)32(47)13-14-37(48)60)18-28-20-52-33-12-10-9-11-30(28)33/h9-12,20-21,23-27,31-32,34-36,39,52H,8,13-19,22,47H2,1-7H3,(H2,48,60)(H2,49,62)(H,50,54)(H,51,68)(H,53,66)(H,55,67)(H,56,61)(H,57,64)(H,58,65)(H,59,63)/t26?,27-,31?,32-,34-,35-,36-,39-/m0/s1. The molecule has 68 heavy (non-hydrogen) atoms. The smallest absolute Gasteiger partial charge is 0.243 e. The van der Waals surface area contributed by atoms with Gasteiger partial charge in [0.25, 0.3) is 0 Å². The molecule has 3 rings (SSSR count). The molecule has 0 aliphatic carbocycles. The van der Waals surface area contributed by atoms with Crippen LogP contribution in [0.4, 0.5) is 0 Å². The molecule has 2 heterocycles. The number of nitrogens with two attached hydrogens (primary N) is 3. The van der Waals surface area contributed by atoms with E-state index in [-0.39, 0.29) is 57.0 Å². The van der Waals surface area contributed by atoms with E-state index in [1.165, 1.54) is 19.4 Å². The summed E-state index contributed by atoms with van der Waals surface area (Å²) < 4.78 is 0. The van der Waals surface area contributed by atoms with Crippen molar-refractivity contribution in [1.29, 1.82) is 0 Å². The fourth-order valence-corrected chi connectivity index (χ4v) is 7.30. The Morgan fingerprint density at radius 1 is 0.706 bits per heavy atom. The number of carbonyl (C=O) groups excluding carboxylic acids is 9. The van der Waals surface area contributed by atoms with Crippen LogP contribution in [0.3, 0.4) is 0 Å². The molecular formula is C46H71N13O9. The summed E-state index contributed by atoms with van der Waals surface area (Å²) in [7, 11) is 0. The van der Waals surface area contributed by atoms with Gasteiger partial charge >= 0.3 is 0 Å². The van der Waals surface area contributed by atoms with E-state index in [9.17, 15) is 43.2 Å². The highest BCUT2D eigenvalue weighted by molar-refractivity contribution is 5.96. The fourth-order valence-electron chi connectivity index (χ4n) is 7.30. The summed E-state index contributed by atoms with van der Waals surface area (Å²) in [6.07, 6.45) is 5.20. The van der Waals surface area contributed by atoms with E-state index in [1.807, 2.05) is 52.0 Å². The van der Waals surface area contributed by atoms with Crippen LogP contribution in [0.2, 0.25) is 0 Å². The molecule has 0 bridgehead atoms. The number of nitrogens with zero attached hydrogens (tertiary/aromatic N) is 1. The van der Waals surface area contributed by atoms with Gasteiger partial charge in [-0.05, 0) is 49.1 Å². The van der Waals surface area contributed by atoms with Crippen LogP contribution in [0.25, 0.3) is 10.9 Å². The van der Waals surface area contributed by atoms with Gasteiger partial charge in [0.1, 0.15) is 30.2 Å². The number of carbonyl (C=O) groups is 9. The molecule has 0 spiro atoms. The zero-order valence-corrected chi connectivity index (χ0v) is 40.0. The van der Waals surface area contributed by atoms with Gasteiger partial charge in [0.05, 0.1) is 18.3 Å². The Morgan fingerprint density at radius 3 is 2.00 bits per heavy atom. The number of amides is 9. The van der Waals surface area contributed by atoms with E-state index < -0.39 is 101 Å². The third kappa shape index (κ3) is 17.8. The van der Waals surface area contributed by atoms with Crippen molar-refractivity contribution in [2.45, 2.75) is 130 Å². The number of hydrogen-bond donors (Lipinski definition) is 12. The lowest BCUT2D eigenvalue weighted by molar-refractivity contribution is -0.134. The maximum atomic E-state index is 13.7. The van der Waals surface area contributed by atoms with E-state index in [0.29, 0.717) is 24.1 Å². The van der Waals surface area contributed by atoms with Crippen LogP contribution in [-0.2, 0) is 56.0 Å². The Morgan fingerprint density at radius 2 is 1.38 bits per heavy atom. The SMILES string of the molecule is CCC(C)C(CNC(=O)[C@H](Cc1cnc[nH]1)NC(=O)CCNC(=O)[C@@H](NC(=O)[C@H](C)NC(=O)[C@H](Cc1c[nH]c2ccccc12)NC(=O)[C@@H](N)CCC(N)=O)C(C)C)C(=O)N[C@@H](CC(C)C)C(N)=O. The Balaban J connectivity index is 1.62. The number of nitrogens with one attached hydrogen (secondary N) is 9. The van der Waals surface area contributed by atoms with Crippen molar-refractivity contribution in [2.75, 3.05) is 13.1 Å². The maximum Gasteiger partial charge on any atom is 0.243 e. The number of rotatable bonds is 29. The summed E-state index contributed by atoms with van der Waals surface area (Å²) in [5, 5.41) is 19.6. The predicted molar refractivity (Wildman–Crippen MR) is 253 cm³/mol. The second-order valence-corrected chi connectivity index (χ2v) is 18.0. The minimum atomic E-state index is -1.19. The van der Waals surface area contributed by atoms with E-state index in [4.69, 9.17) is 17.2 Å². The van der Waals surface area contributed by atoms with Gasteiger partial charge in [-0.3, -0.25) is 43.2 Å². The number of primary amides is 2. The van der Waals surface area contributed by atoms with Crippen molar-refractivity contribution in [3.63, 3.8) is 0 Å². The average Bonchev–Trinajstić information content (AvgIpc) is 3.96. The molecule has 1 aromatic carbocycles. The Bertz CT molecular complexity index is 2190. The highest BCUT2D eigenvalue weighted by Crippen LogP contribution is 2.20. The first kappa shape index (κ1) is 55.5. The number of hydrogen-bond acceptors (Lipinski definition) is 11. The van der Waals surface area contributed by atoms with Crippen LogP contribution in [0.1, 0.15) is 91.8 Å². The number of benzene rings is 1. The van der Waals surface area contributed by atoms with E-state index in [1.54, 1.807) is 20.0 Å². The molecule has 22 nitrogen and oxygen atoms in total. The fraction of sp³-hybridized carbons (Fsp3) is 0.565. The molecule has 0 fully saturated rings. The topological polar surface area (TPSA) is 360 Å². The summed E-state index contributed by atoms with van der Waals surface area (Å²) in [5.74, 6) is -6.86. The van der Waals surface area contributed by atoms with Gasteiger partial charge < -0.3 is 64.4 Å². The van der Waals surface area contributed by atoms with Crippen molar-refractivity contribution < 1.29 is 43.2 Å². The van der Waals surface area contributed by atoms with Gasteiger partial charge in [-0.15, -0.1) is 0 Å². The Labute approximate surface area is 396 Å². The van der Waals surface area contributed by atoms with Crippen LogP contribution in [-0.4, -0.2) is 117 Å². The third-order valence-electron chi connectivity index (χ3n) is 11.6. The molecule has 0 saturated carbocycles. The summed E-state index contributed by atoms with van der Waals surface area (Å²) in [6, 6.07) is 0.786. The molecule has 2 aromatic heterocycles. The van der Waals surface area contributed by atoms with E-state index >= 15 is 0 Å². The third-order valence-corrected chi connectivity index (χ3v) is 11.6. The molecule has 0 saturated heterocycles. The maximum absolute atomic E-state index is 13.7. The van der Waals surface area contributed by atoms with Crippen molar-refractivity contribution in [1.82, 2.24) is 52.2 Å². The average molecular weight is 950 g/mol. The number of imidazole rings is 1. The molecule has 0 aliphatic rings. The van der Waals surface area contributed by atoms with Crippen LogP contribution in [0.5, 0.6) is 0 Å². The minimum absolute atomic E-state index is 0.0216. The quantitative estimate of drug-likeness (QED) is 0.0408. The zero-order chi connectivity index (χ0) is 50.7. The van der Waals surface area contributed by atoms with E-state index in [0.717, 1.165) is 10.9 Å². The highest BCUT2D eigenvalue weighted by atomic mass is 16.2. The summed E-state index contributed by atoms with van der Waals surface area (Å²) in [5.41, 5.74) is 18.8. The molecule has 22 heteroatoms. The second-order valence-electron chi connectivity index (χ2n) is 18.0. The van der Waals surface area contributed by atoms with Crippen LogP contribution in [0, 0.1) is 23.7 Å².